The second-order valence-electron chi connectivity index (χ2n) is 4.10. The number of likely N-dealkylation sites (tertiary alicyclic amines) is 1. The molecule has 1 heterocycles. The molecule has 1 aliphatic rings. The number of carbonyl (C=O) groups is 1. The lowest BCUT2D eigenvalue weighted by atomic mass is 10.2. The van der Waals surface area contributed by atoms with E-state index in [1.807, 2.05) is 6.07 Å². The molecule has 2 rings (SSSR count). The zero-order valence-corrected chi connectivity index (χ0v) is 9.76. The van der Waals surface area contributed by atoms with Crippen molar-refractivity contribution in [1.82, 2.24) is 4.90 Å². The molecule has 0 aliphatic carbocycles. The van der Waals surface area contributed by atoms with Gasteiger partial charge in [0, 0.05) is 12.2 Å². The highest BCUT2D eigenvalue weighted by Gasteiger charge is 2.28. The Kier molecular flexibility index (Phi) is 3.45. The smallest absolute Gasteiger partial charge is 0.308 e. The summed E-state index contributed by atoms with van der Waals surface area (Å²) in [5.41, 5.74) is 1.17. The Morgan fingerprint density at radius 2 is 2.06 bits per heavy atom. The van der Waals surface area contributed by atoms with Crippen LogP contribution in [-0.2, 0) is 0 Å². The minimum Gasteiger partial charge on any atom is -0.308 e. The van der Waals surface area contributed by atoms with Crippen LogP contribution in [0.5, 0.6) is 0 Å². The number of benzene rings is 1. The molecule has 1 aromatic carbocycles. The molecule has 0 radical (unpaired) electrons. The van der Waals surface area contributed by atoms with Gasteiger partial charge in [-0.05, 0) is 37.1 Å². The van der Waals surface area contributed by atoms with Gasteiger partial charge in [-0.1, -0.05) is 0 Å². The fourth-order valence-corrected chi connectivity index (χ4v) is 1.97. The lowest BCUT2D eigenvalue weighted by molar-refractivity contribution is 0.215. The molecule has 2 amide bonds. The van der Waals surface area contributed by atoms with E-state index in [9.17, 15) is 4.79 Å². The van der Waals surface area contributed by atoms with Crippen molar-refractivity contribution in [2.24, 2.45) is 0 Å². The molecular weight excluding hydrogens is 228 g/mol. The standard InChI is InChI=1S/C13H12N4O/c14-8-10-3-5-11(6-4-10)16-13(18)17-7-1-2-12(17)9-15/h3-6,12H,1-2,7H2,(H,16,18). The van der Waals surface area contributed by atoms with Crippen molar-refractivity contribution < 1.29 is 4.79 Å². The number of carbonyl (C=O) groups excluding carboxylic acids is 1. The van der Waals surface area contributed by atoms with Crippen LogP contribution in [-0.4, -0.2) is 23.5 Å². The summed E-state index contributed by atoms with van der Waals surface area (Å²) in [5.74, 6) is 0. The number of amides is 2. The van der Waals surface area contributed by atoms with Gasteiger partial charge in [-0.2, -0.15) is 10.5 Å². The number of anilines is 1. The second kappa shape index (κ2) is 5.20. The Labute approximate surface area is 105 Å². The van der Waals surface area contributed by atoms with E-state index in [0.717, 1.165) is 12.8 Å². The molecule has 18 heavy (non-hydrogen) atoms. The molecule has 1 unspecified atom stereocenters. The van der Waals surface area contributed by atoms with Crippen molar-refractivity contribution in [3.8, 4) is 12.1 Å². The van der Waals surface area contributed by atoms with Crippen LogP contribution < -0.4 is 5.32 Å². The average molecular weight is 240 g/mol. The molecule has 1 saturated heterocycles. The normalized spacial score (nSPS) is 17.9. The summed E-state index contributed by atoms with van der Waals surface area (Å²) in [6, 6.07) is 10.2. The van der Waals surface area contributed by atoms with Gasteiger partial charge in [-0.15, -0.1) is 0 Å². The van der Waals surface area contributed by atoms with E-state index >= 15 is 0 Å². The number of nitrogens with zero attached hydrogens (tertiary/aromatic N) is 3. The molecule has 1 aliphatic heterocycles. The van der Waals surface area contributed by atoms with Crippen LogP contribution in [0.2, 0.25) is 0 Å². The Hall–Kier alpha value is -2.53. The highest BCUT2D eigenvalue weighted by atomic mass is 16.2. The van der Waals surface area contributed by atoms with Crippen LogP contribution in [0, 0.1) is 22.7 Å². The molecule has 90 valence electrons. The number of hydrogen-bond acceptors (Lipinski definition) is 3. The highest BCUT2D eigenvalue weighted by Crippen LogP contribution is 2.18. The molecule has 0 aromatic heterocycles. The molecule has 1 aromatic rings. The summed E-state index contributed by atoms with van der Waals surface area (Å²) in [5, 5.41) is 20.3. The van der Waals surface area contributed by atoms with Crippen LogP contribution in [0.1, 0.15) is 18.4 Å². The van der Waals surface area contributed by atoms with Gasteiger partial charge >= 0.3 is 6.03 Å². The van der Waals surface area contributed by atoms with Crippen LogP contribution in [0.4, 0.5) is 10.5 Å². The third-order valence-corrected chi connectivity index (χ3v) is 2.93. The largest absolute Gasteiger partial charge is 0.322 e. The molecule has 5 nitrogen and oxygen atoms in total. The first-order valence-corrected chi connectivity index (χ1v) is 5.72. The topological polar surface area (TPSA) is 79.9 Å². The maximum Gasteiger partial charge on any atom is 0.322 e. The number of rotatable bonds is 1. The van der Waals surface area contributed by atoms with Gasteiger partial charge in [0.25, 0.3) is 0 Å². The molecule has 0 saturated carbocycles. The zero-order chi connectivity index (χ0) is 13.0. The lowest BCUT2D eigenvalue weighted by Crippen LogP contribution is -2.37. The minimum atomic E-state index is -0.330. The Bertz CT molecular complexity index is 523. The number of urea groups is 1. The highest BCUT2D eigenvalue weighted by molar-refractivity contribution is 5.90. The monoisotopic (exact) mass is 240 g/mol. The predicted molar refractivity (Wildman–Crippen MR) is 65.5 cm³/mol. The van der Waals surface area contributed by atoms with Gasteiger partial charge in [0.15, 0.2) is 0 Å². The van der Waals surface area contributed by atoms with E-state index in [0.29, 0.717) is 17.8 Å². The van der Waals surface area contributed by atoms with E-state index in [2.05, 4.69) is 11.4 Å². The Balaban J connectivity index is 2.03. The number of hydrogen-bond donors (Lipinski definition) is 1. The zero-order valence-electron chi connectivity index (χ0n) is 9.76. The van der Waals surface area contributed by atoms with E-state index in [1.54, 1.807) is 24.3 Å². The molecule has 1 fully saturated rings. The van der Waals surface area contributed by atoms with Crippen molar-refractivity contribution in [3.05, 3.63) is 29.8 Å². The van der Waals surface area contributed by atoms with E-state index in [1.165, 1.54) is 4.90 Å². The number of nitriles is 2. The fraction of sp³-hybridized carbons (Fsp3) is 0.308. The fourth-order valence-electron chi connectivity index (χ4n) is 1.97. The molecule has 1 N–H and O–H groups in total. The molecular formula is C13H12N4O. The van der Waals surface area contributed by atoms with Crippen molar-refractivity contribution in [1.29, 1.82) is 10.5 Å². The molecule has 0 bridgehead atoms. The maximum atomic E-state index is 11.9. The summed E-state index contributed by atoms with van der Waals surface area (Å²) >= 11 is 0. The third-order valence-electron chi connectivity index (χ3n) is 2.93. The van der Waals surface area contributed by atoms with E-state index in [4.69, 9.17) is 10.5 Å². The lowest BCUT2D eigenvalue weighted by Gasteiger charge is -2.19. The van der Waals surface area contributed by atoms with Crippen molar-refractivity contribution >= 4 is 11.7 Å². The number of nitrogens with one attached hydrogen (secondary N) is 1. The van der Waals surface area contributed by atoms with Gasteiger partial charge < -0.3 is 10.2 Å². The summed E-state index contributed by atoms with van der Waals surface area (Å²) in [7, 11) is 0. The Morgan fingerprint density at radius 1 is 1.33 bits per heavy atom. The average Bonchev–Trinajstić information content (AvgIpc) is 2.88. The van der Waals surface area contributed by atoms with Crippen LogP contribution in [0.25, 0.3) is 0 Å². The SMILES string of the molecule is N#Cc1ccc(NC(=O)N2CCCC2C#N)cc1. The second-order valence-corrected chi connectivity index (χ2v) is 4.10. The Morgan fingerprint density at radius 3 is 2.67 bits per heavy atom. The predicted octanol–water partition coefficient (Wildman–Crippen LogP) is 2.08. The van der Waals surface area contributed by atoms with Crippen LogP contribution in [0.15, 0.2) is 24.3 Å². The van der Waals surface area contributed by atoms with Gasteiger partial charge in [-0.25, -0.2) is 4.79 Å². The first-order valence-electron chi connectivity index (χ1n) is 5.72. The van der Waals surface area contributed by atoms with Crippen LogP contribution in [0.3, 0.4) is 0 Å². The maximum absolute atomic E-state index is 11.9. The van der Waals surface area contributed by atoms with Crippen molar-refractivity contribution in [2.45, 2.75) is 18.9 Å². The minimum absolute atomic E-state index is 0.260. The van der Waals surface area contributed by atoms with Crippen molar-refractivity contribution in [2.75, 3.05) is 11.9 Å². The third kappa shape index (κ3) is 2.41. The molecule has 1 atom stereocenters. The molecule has 5 heteroatoms. The van der Waals surface area contributed by atoms with Gasteiger partial charge in [0.2, 0.25) is 0 Å². The van der Waals surface area contributed by atoms with E-state index in [-0.39, 0.29) is 12.1 Å². The molecule has 0 spiro atoms. The first-order chi connectivity index (χ1) is 8.74. The summed E-state index contributed by atoms with van der Waals surface area (Å²) in [6.07, 6.45) is 1.59. The summed E-state index contributed by atoms with van der Waals surface area (Å²) in [6.45, 7) is 0.611. The van der Waals surface area contributed by atoms with Crippen molar-refractivity contribution in [3.63, 3.8) is 0 Å². The first kappa shape index (κ1) is 11.9. The quantitative estimate of drug-likeness (QED) is 0.816. The summed E-state index contributed by atoms with van der Waals surface area (Å²) in [4.78, 5) is 13.5. The van der Waals surface area contributed by atoms with Gasteiger partial charge in [-0.3, -0.25) is 0 Å². The van der Waals surface area contributed by atoms with Crippen LogP contribution >= 0.6 is 0 Å². The van der Waals surface area contributed by atoms with Gasteiger partial charge in [0.05, 0.1) is 17.7 Å². The van der Waals surface area contributed by atoms with E-state index < -0.39 is 0 Å². The van der Waals surface area contributed by atoms with Gasteiger partial charge in [0.1, 0.15) is 6.04 Å². The summed E-state index contributed by atoms with van der Waals surface area (Å²) < 4.78 is 0.